The molecule has 1 rings (SSSR count). The van der Waals surface area contributed by atoms with Crippen molar-refractivity contribution >= 4 is 5.91 Å². The molecular formula is C15H24N2O3. The lowest BCUT2D eigenvalue weighted by Gasteiger charge is -2.12. The average molecular weight is 280 g/mol. The third-order valence-corrected chi connectivity index (χ3v) is 2.93. The molecular weight excluding hydrogens is 256 g/mol. The van der Waals surface area contributed by atoms with Gasteiger partial charge in [-0.2, -0.15) is 0 Å². The van der Waals surface area contributed by atoms with Crippen molar-refractivity contribution in [1.29, 1.82) is 0 Å². The van der Waals surface area contributed by atoms with Crippen LogP contribution in [0.3, 0.4) is 0 Å². The Balaban J connectivity index is 2.33. The summed E-state index contributed by atoms with van der Waals surface area (Å²) in [7, 11) is 0. The van der Waals surface area contributed by atoms with Gasteiger partial charge in [0, 0.05) is 6.61 Å². The molecule has 0 spiro atoms. The van der Waals surface area contributed by atoms with Gasteiger partial charge in [-0.25, -0.2) is 5.84 Å². The van der Waals surface area contributed by atoms with Gasteiger partial charge in [-0.1, -0.05) is 32.4 Å². The zero-order valence-electron chi connectivity index (χ0n) is 12.2. The van der Waals surface area contributed by atoms with E-state index in [2.05, 4.69) is 19.3 Å². The summed E-state index contributed by atoms with van der Waals surface area (Å²) in [5.74, 6) is 5.85. The number of carbonyl (C=O) groups excluding carboxylic acids is 1. The zero-order valence-corrected chi connectivity index (χ0v) is 12.2. The van der Waals surface area contributed by atoms with Crippen molar-refractivity contribution in [3.63, 3.8) is 0 Å². The van der Waals surface area contributed by atoms with Crippen LogP contribution in [0.1, 0.15) is 37.0 Å². The van der Waals surface area contributed by atoms with Gasteiger partial charge in [0.05, 0.1) is 12.2 Å². The molecule has 0 bridgehead atoms. The van der Waals surface area contributed by atoms with Crippen LogP contribution < -0.4 is 16.0 Å². The molecule has 0 aliphatic heterocycles. The van der Waals surface area contributed by atoms with Gasteiger partial charge in [-0.15, -0.1) is 0 Å². The number of nitrogen functional groups attached to an aromatic ring is 1. The summed E-state index contributed by atoms with van der Waals surface area (Å²) in [6, 6.07) is 6.99. The topological polar surface area (TPSA) is 73.6 Å². The molecule has 20 heavy (non-hydrogen) atoms. The Morgan fingerprint density at radius 3 is 2.80 bits per heavy atom. The van der Waals surface area contributed by atoms with Gasteiger partial charge in [-0.3, -0.25) is 10.2 Å². The highest BCUT2D eigenvalue weighted by atomic mass is 16.5. The van der Waals surface area contributed by atoms with Crippen molar-refractivity contribution in [3.8, 4) is 5.75 Å². The van der Waals surface area contributed by atoms with E-state index in [0.717, 1.165) is 6.61 Å². The molecule has 1 amide bonds. The smallest absolute Gasteiger partial charge is 0.268 e. The zero-order chi connectivity index (χ0) is 14.8. The van der Waals surface area contributed by atoms with Gasteiger partial charge >= 0.3 is 0 Å². The Labute approximate surface area is 120 Å². The van der Waals surface area contributed by atoms with Crippen molar-refractivity contribution in [2.75, 3.05) is 19.8 Å². The fourth-order valence-electron chi connectivity index (χ4n) is 1.93. The molecule has 0 aliphatic rings. The Morgan fingerprint density at radius 2 is 2.10 bits per heavy atom. The van der Waals surface area contributed by atoms with Crippen molar-refractivity contribution in [2.45, 2.75) is 26.7 Å². The highest BCUT2D eigenvalue weighted by Crippen LogP contribution is 2.17. The van der Waals surface area contributed by atoms with E-state index in [1.807, 2.05) is 6.07 Å². The number of carbonyl (C=O) groups is 1. The minimum atomic E-state index is -0.363. The highest BCUT2D eigenvalue weighted by Gasteiger charge is 2.10. The molecule has 5 heteroatoms. The van der Waals surface area contributed by atoms with E-state index in [1.165, 1.54) is 12.8 Å². The van der Waals surface area contributed by atoms with Gasteiger partial charge in [-0.05, 0) is 24.5 Å². The molecule has 0 saturated heterocycles. The van der Waals surface area contributed by atoms with Crippen molar-refractivity contribution in [3.05, 3.63) is 29.8 Å². The van der Waals surface area contributed by atoms with Crippen LogP contribution in [0.4, 0.5) is 0 Å². The number of nitrogens with one attached hydrogen (secondary N) is 1. The second-order valence-electron chi connectivity index (χ2n) is 4.79. The van der Waals surface area contributed by atoms with Crippen LogP contribution in [0.2, 0.25) is 0 Å². The lowest BCUT2D eigenvalue weighted by atomic mass is 10.1. The minimum Gasteiger partial charge on any atom is -0.490 e. The summed E-state index contributed by atoms with van der Waals surface area (Å²) in [5, 5.41) is 0. The lowest BCUT2D eigenvalue weighted by molar-refractivity contribution is 0.0750. The predicted molar refractivity (Wildman–Crippen MR) is 78.5 cm³/mol. The molecule has 1 aromatic rings. The van der Waals surface area contributed by atoms with Crippen LogP contribution in [0.15, 0.2) is 24.3 Å². The molecule has 1 aromatic carbocycles. The molecule has 0 heterocycles. The van der Waals surface area contributed by atoms with E-state index in [9.17, 15) is 4.79 Å². The quantitative estimate of drug-likeness (QED) is 0.314. The molecule has 0 saturated carbocycles. The Morgan fingerprint density at radius 1 is 1.35 bits per heavy atom. The van der Waals surface area contributed by atoms with E-state index in [0.29, 0.717) is 30.4 Å². The standard InChI is InChI=1S/C15H24N2O3/c1-3-6-12(2)11-19-9-10-20-14-8-5-4-7-13(14)15(18)17-16/h4-5,7-8,12H,3,6,9-11,16H2,1-2H3,(H,17,18). The molecule has 1 atom stereocenters. The van der Waals surface area contributed by atoms with Gasteiger partial charge in [0.2, 0.25) is 0 Å². The number of rotatable bonds is 9. The molecule has 0 radical (unpaired) electrons. The van der Waals surface area contributed by atoms with Gasteiger partial charge in [0.1, 0.15) is 12.4 Å². The maximum atomic E-state index is 11.5. The van der Waals surface area contributed by atoms with Crippen LogP contribution in [0.25, 0.3) is 0 Å². The van der Waals surface area contributed by atoms with Crippen molar-refractivity contribution < 1.29 is 14.3 Å². The second-order valence-corrected chi connectivity index (χ2v) is 4.79. The number of hydrogen-bond donors (Lipinski definition) is 2. The molecule has 1 unspecified atom stereocenters. The first kappa shape index (κ1) is 16.5. The number of benzene rings is 1. The fourth-order valence-corrected chi connectivity index (χ4v) is 1.93. The first-order valence-electron chi connectivity index (χ1n) is 6.99. The summed E-state index contributed by atoms with van der Waals surface area (Å²) >= 11 is 0. The van der Waals surface area contributed by atoms with Gasteiger partial charge < -0.3 is 9.47 Å². The first-order valence-corrected chi connectivity index (χ1v) is 6.99. The maximum absolute atomic E-state index is 11.5. The van der Waals surface area contributed by atoms with Crippen LogP contribution in [0.5, 0.6) is 5.75 Å². The number of ether oxygens (including phenoxy) is 2. The largest absolute Gasteiger partial charge is 0.490 e. The maximum Gasteiger partial charge on any atom is 0.268 e. The minimum absolute atomic E-state index is 0.363. The van der Waals surface area contributed by atoms with Crippen LogP contribution in [-0.2, 0) is 4.74 Å². The molecule has 5 nitrogen and oxygen atoms in total. The first-order chi connectivity index (χ1) is 9.69. The molecule has 112 valence electrons. The van der Waals surface area contributed by atoms with Crippen LogP contribution >= 0.6 is 0 Å². The summed E-state index contributed by atoms with van der Waals surface area (Å²) in [6.07, 6.45) is 2.34. The number of amides is 1. The SMILES string of the molecule is CCCC(C)COCCOc1ccccc1C(=O)NN. The van der Waals surface area contributed by atoms with E-state index in [4.69, 9.17) is 15.3 Å². The van der Waals surface area contributed by atoms with Gasteiger partial charge in [0.15, 0.2) is 0 Å². The number of nitrogens with two attached hydrogens (primary N) is 1. The fraction of sp³-hybridized carbons (Fsp3) is 0.533. The highest BCUT2D eigenvalue weighted by molar-refractivity contribution is 5.96. The van der Waals surface area contributed by atoms with E-state index in [1.54, 1.807) is 18.2 Å². The van der Waals surface area contributed by atoms with E-state index in [-0.39, 0.29) is 5.91 Å². The molecule has 0 fully saturated rings. The second kappa shape index (κ2) is 9.34. The molecule has 0 aliphatic carbocycles. The summed E-state index contributed by atoms with van der Waals surface area (Å²) in [6.45, 7) is 5.99. The number of para-hydroxylation sites is 1. The lowest BCUT2D eigenvalue weighted by Crippen LogP contribution is -2.30. The Kier molecular flexibility index (Phi) is 7.69. The molecule has 0 aromatic heterocycles. The summed E-state index contributed by atoms with van der Waals surface area (Å²) < 4.78 is 11.1. The third kappa shape index (κ3) is 5.59. The summed E-state index contributed by atoms with van der Waals surface area (Å²) in [4.78, 5) is 11.5. The Bertz CT molecular complexity index is 410. The van der Waals surface area contributed by atoms with Crippen molar-refractivity contribution in [2.24, 2.45) is 11.8 Å². The third-order valence-electron chi connectivity index (χ3n) is 2.93. The normalized spacial score (nSPS) is 11.9. The van der Waals surface area contributed by atoms with Crippen LogP contribution in [0, 0.1) is 5.92 Å². The predicted octanol–water partition coefficient (Wildman–Crippen LogP) is 2.12. The molecule has 3 N–H and O–H groups in total. The van der Waals surface area contributed by atoms with Crippen LogP contribution in [-0.4, -0.2) is 25.7 Å². The van der Waals surface area contributed by atoms with E-state index < -0.39 is 0 Å². The van der Waals surface area contributed by atoms with E-state index >= 15 is 0 Å². The Hall–Kier alpha value is -1.59. The number of hydrogen-bond acceptors (Lipinski definition) is 4. The number of hydrazine groups is 1. The van der Waals surface area contributed by atoms with Crippen molar-refractivity contribution in [1.82, 2.24) is 5.43 Å². The van der Waals surface area contributed by atoms with Gasteiger partial charge in [0.25, 0.3) is 5.91 Å². The summed E-state index contributed by atoms with van der Waals surface area (Å²) in [5.41, 5.74) is 2.53. The monoisotopic (exact) mass is 280 g/mol. The average Bonchev–Trinajstić information content (AvgIpc) is 2.47.